The molecule has 1 aromatic carbocycles. The number of rotatable bonds is 3. The van der Waals surface area contributed by atoms with Crippen LogP contribution in [0.15, 0.2) is 47.8 Å². The van der Waals surface area contributed by atoms with Crippen molar-refractivity contribution in [1.29, 1.82) is 0 Å². The molecule has 2 heterocycles. The van der Waals surface area contributed by atoms with Crippen molar-refractivity contribution in [2.75, 3.05) is 13.1 Å². The molecule has 19 heavy (non-hydrogen) atoms. The Morgan fingerprint density at radius 3 is 2.74 bits per heavy atom. The average Bonchev–Trinajstić information content (AvgIpc) is 2.96. The lowest BCUT2D eigenvalue weighted by atomic mass is 9.91. The van der Waals surface area contributed by atoms with Crippen molar-refractivity contribution in [1.82, 2.24) is 4.90 Å². The van der Waals surface area contributed by atoms with Gasteiger partial charge in [0.05, 0.1) is 0 Å². The van der Waals surface area contributed by atoms with Gasteiger partial charge in [-0.25, -0.2) is 0 Å². The molecule has 0 amide bonds. The molecule has 1 aromatic heterocycles. The van der Waals surface area contributed by atoms with Crippen molar-refractivity contribution in [2.45, 2.75) is 24.9 Å². The van der Waals surface area contributed by atoms with Crippen molar-refractivity contribution in [2.24, 2.45) is 5.73 Å². The molecule has 0 saturated carbocycles. The van der Waals surface area contributed by atoms with Crippen LogP contribution in [0.5, 0.6) is 0 Å². The lowest BCUT2D eigenvalue weighted by Gasteiger charge is -2.36. The zero-order chi connectivity index (χ0) is 13.1. The van der Waals surface area contributed by atoms with Gasteiger partial charge in [0.2, 0.25) is 0 Å². The molecule has 3 rings (SSSR count). The molecular weight excluding hydrogens is 252 g/mol. The van der Waals surface area contributed by atoms with Crippen LogP contribution in [-0.2, 0) is 6.54 Å². The van der Waals surface area contributed by atoms with Crippen LogP contribution in [0.2, 0.25) is 0 Å². The monoisotopic (exact) mass is 272 g/mol. The van der Waals surface area contributed by atoms with Gasteiger partial charge in [-0.1, -0.05) is 36.4 Å². The Kier molecular flexibility index (Phi) is 3.97. The van der Waals surface area contributed by atoms with E-state index in [1.807, 2.05) is 11.3 Å². The Morgan fingerprint density at radius 1 is 1.16 bits per heavy atom. The number of hydrogen-bond donors (Lipinski definition) is 1. The summed E-state index contributed by atoms with van der Waals surface area (Å²) in [5.41, 5.74) is 7.70. The molecule has 0 bridgehead atoms. The molecule has 3 heteroatoms. The Morgan fingerprint density at radius 2 is 2.00 bits per heavy atom. The second kappa shape index (κ2) is 5.87. The molecular formula is C16H20N2S. The van der Waals surface area contributed by atoms with Crippen LogP contribution in [0.1, 0.15) is 22.8 Å². The van der Waals surface area contributed by atoms with E-state index in [2.05, 4.69) is 52.7 Å². The average molecular weight is 272 g/mol. The van der Waals surface area contributed by atoms with Gasteiger partial charge in [-0.05, 0) is 23.4 Å². The minimum absolute atomic E-state index is 0.311. The molecule has 2 unspecified atom stereocenters. The molecule has 2 nitrogen and oxygen atoms in total. The highest BCUT2D eigenvalue weighted by Gasteiger charge is 2.28. The van der Waals surface area contributed by atoms with E-state index in [1.165, 1.54) is 10.4 Å². The predicted molar refractivity (Wildman–Crippen MR) is 81.4 cm³/mol. The summed E-state index contributed by atoms with van der Waals surface area (Å²) in [4.78, 5) is 3.97. The topological polar surface area (TPSA) is 29.3 Å². The van der Waals surface area contributed by atoms with Gasteiger partial charge < -0.3 is 5.73 Å². The number of thiophene rings is 1. The normalized spacial score (nSPS) is 24.5. The number of nitrogens with zero attached hydrogens (tertiary/aromatic N) is 1. The standard InChI is InChI=1S/C16H20N2S/c17-15-8-9-18(11-13-5-2-1-3-6-13)12-14(15)16-7-4-10-19-16/h1-7,10,14-15H,8-9,11-12,17H2. The van der Waals surface area contributed by atoms with Crippen molar-refractivity contribution in [3.63, 3.8) is 0 Å². The van der Waals surface area contributed by atoms with E-state index in [9.17, 15) is 0 Å². The van der Waals surface area contributed by atoms with Gasteiger partial charge in [0.15, 0.2) is 0 Å². The first-order chi connectivity index (χ1) is 9.33. The largest absolute Gasteiger partial charge is 0.327 e. The first-order valence-corrected chi connectivity index (χ1v) is 7.76. The van der Waals surface area contributed by atoms with E-state index in [-0.39, 0.29) is 0 Å². The third-order valence-electron chi connectivity index (χ3n) is 3.91. The number of likely N-dealkylation sites (tertiary alicyclic amines) is 1. The molecule has 1 aliphatic rings. The first-order valence-electron chi connectivity index (χ1n) is 6.88. The third-order valence-corrected chi connectivity index (χ3v) is 4.91. The molecule has 2 atom stereocenters. The summed E-state index contributed by atoms with van der Waals surface area (Å²) in [6, 6.07) is 15.4. The van der Waals surface area contributed by atoms with Gasteiger partial charge in [-0.15, -0.1) is 11.3 Å². The summed E-state index contributed by atoms with van der Waals surface area (Å²) in [6.07, 6.45) is 1.09. The lowest BCUT2D eigenvalue weighted by molar-refractivity contribution is 0.184. The Hall–Kier alpha value is -1.16. The van der Waals surface area contributed by atoms with Crippen LogP contribution in [0.25, 0.3) is 0 Å². The summed E-state index contributed by atoms with van der Waals surface area (Å²) in [7, 11) is 0. The molecule has 0 spiro atoms. The second-order valence-electron chi connectivity index (χ2n) is 5.30. The van der Waals surface area contributed by atoms with E-state index in [0.29, 0.717) is 12.0 Å². The van der Waals surface area contributed by atoms with Crippen molar-refractivity contribution in [3.05, 3.63) is 58.3 Å². The molecule has 1 aliphatic heterocycles. The van der Waals surface area contributed by atoms with Crippen LogP contribution < -0.4 is 5.73 Å². The van der Waals surface area contributed by atoms with Crippen LogP contribution in [0.3, 0.4) is 0 Å². The SMILES string of the molecule is NC1CCN(Cc2ccccc2)CC1c1cccs1. The van der Waals surface area contributed by atoms with Crippen molar-refractivity contribution < 1.29 is 0 Å². The van der Waals surface area contributed by atoms with E-state index < -0.39 is 0 Å². The Labute approximate surface area is 118 Å². The third kappa shape index (κ3) is 3.06. The fourth-order valence-corrected chi connectivity index (χ4v) is 3.72. The van der Waals surface area contributed by atoms with Crippen molar-refractivity contribution >= 4 is 11.3 Å². The number of piperidine rings is 1. The first kappa shape index (κ1) is 12.9. The summed E-state index contributed by atoms with van der Waals surface area (Å²) in [5.74, 6) is 0.498. The predicted octanol–water partition coefficient (Wildman–Crippen LogP) is 3.06. The molecule has 100 valence electrons. The van der Waals surface area contributed by atoms with E-state index >= 15 is 0 Å². The minimum Gasteiger partial charge on any atom is -0.327 e. The summed E-state index contributed by atoms with van der Waals surface area (Å²) >= 11 is 1.83. The van der Waals surface area contributed by atoms with E-state index in [0.717, 1.165) is 26.1 Å². The molecule has 1 saturated heterocycles. The van der Waals surface area contributed by atoms with E-state index in [4.69, 9.17) is 5.73 Å². The van der Waals surface area contributed by atoms with Gasteiger partial charge >= 0.3 is 0 Å². The maximum absolute atomic E-state index is 6.31. The maximum Gasteiger partial charge on any atom is 0.0234 e. The molecule has 2 N–H and O–H groups in total. The van der Waals surface area contributed by atoms with Crippen LogP contribution >= 0.6 is 11.3 Å². The van der Waals surface area contributed by atoms with Crippen LogP contribution in [0.4, 0.5) is 0 Å². The van der Waals surface area contributed by atoms with Crippen molar-refractivity contribution in [3.8, 4) is 0 Å². The smallest absolute Gasteiger partial charge is 0.0234 e. The highest BCUT2D eigenvalue weighted by Crippen LogP contribution is 2.29. The fraction of sp³-hybridized carbons (Fsp3) is 0.375. The quantitative estimate of drug-likeness (QED) is 0.930. The van der Waals surface area contributed by atoms with E-state index in [1.54, 1.807) is 0 Å². The van der Waals surface area contributed by atoms with Gasteiger partial charge in [0.25, 0.3) is 0 Å². The lowest BCUT2D eigenvalue weighted by Crippen LogP contribution is -2.45. The van der Waals surface area contributed by atoms with Crippen LogP contribution in [0, 0.1) is 0 Å². The molecule has 0 aliphatic carbocycles. The Balaban J connectivity index is 1.68. The van der Waals surface area contributed by atoms with Crippen LogP contribution in [-0.4, -0.2) is 24.0 Å². The Bertz CT molecular complexity index is 495. The minimum atomic E-state index is 0.311. The summed E-state index contributed by atoms with van der Waals surface area (Å²) < 4.78 is 0. The summed E-state index contributed by atoms with van der Waals surface area (Å²) in [6.45, 7) is 3.23. The number of hydrogen-bond acceptors (Lipinski definition) is 3. The number of benzene rings is 1. The molecule has 2 aromatic rings. The zero-order valence-corrected chi connectivity index (χ0v) is 11.9. The number of nitrogens with two attached hydrogens (primary N) is 1. The van der Waals surface area contributed by atoms with Gasteiger partial charge in [0, 0.05) is 36.5 Å². The highest BCUT2D eigenvalue weighted by atomic mass is 32.1. The molecule has 0 radical (unpaired) electrons. The summed E-state index contributed by atoms with van der Waals surface area (Å²) in [5, 5.41) is 2.15. The maximum atomic E-state index is 6.31. The van der Waals surface area contributed by atoms with Gasteiger partial charge in [-0.3, -0.25) is 4.90 Å². The fourth-order valence-electron chi connectivity index (χ4n) is 2.83. The second-order valence-corrected chi connectivity index (χ2v) is 6.27. The van der Waals surface area contributed by atoms with Gasteiger partial charge in [-0.2, -0.15) is 0 Å². The zero-order valence-electron chi connectivity index (χ0n) is 11.0. The van der Waals surface area contributed by atoms with Gasteiger partial charge in [0.1, 0.15) is 0 Å². The molecule has 1 fully saturated rings. The highest BCUT2D eigenvalue weighted by molar-refractivity contribution is 7.10.